The molecular weight excluding hydrogens is 434 g/mol. The van der Waals surface area contributed by atoms with Crippen LogP contribution in [0.25, 0.3) is 0 Å². The van der Waals surface area contributed by atoms with Gasteiger partial charge >= 0.3 is 0 Å². The molecule has 3 amide bonds. The number of anilines is 1. The third kappa shape index (κ3) is 5.50. The predicted octanol–water partition coefficient (Wildman–Crippen LogP) is 3.73. The van der Waals surface area contributed by atoms with Crippen LogP contribution in [0.15, 0.2) is 36.4 Å². The van der Waals surface area contributed by atoms with Gasteiger partial charge in [0.2, 0.25) is 5.91 Å². The molecule has 32 heavy (non-hydrogen) atoms. The summed E-state index contributed by atoms with van der Waals surface area (Å²) in [5, 5.41) is 0.383. The maximum absolute atomic E-state index is 12.5. The molecule has 0 spiro atoms. The van der Waals surface area contributed by atoms with Crippen LogP contribution in [0.1, 0.15) is 53.3 Å². The molecule has 9 heteroatoms. The van der Waals surface area contributed by atoms with E-state index in [2.05, 4.69) is 17.8 Å². The zero-order valence-corrected chi connectivity index (χ0v) is 18.8. The van der Waals surface area contributed by atoms with Crippen molar-refractivity contribution in [2.75, 3.05) is 25.2 Å². The quantitative estimate of drug-likeness (QED) is 0.463. The minimum atomic E-state index is -0.533. The highest BCUT2D eigenvalue weighted by atomic mass is 35.5. The fraction of sp³-hybridized carbons (Fsp3) is 0.348. The highest BCUT2D eigenvalue weighted by molar-refractivity contribution is 6.34. The summed E-state index contributed by atoms with van der Waals surface area (Å²) in [6.07, 6.45) is 3.12. The number of ether oxygens (including phenoxy) is 2. The van der Waals surface area contributed by atoms with Crippen LogP contribution in [0.3, 0.4) is 0 Å². The fourth-order valence-electron chi connectivity index (χ4n) is 3.28. The standard InChI is InChI=1S/C23H26ClN3O5/c1-3-4-12-32-19-10-8-16(14-20(19)31-2)23(30)26-25-22(29)15-7-9-17(24)18(13-15)27-11-5-6-21(27)28/h7-10,13-14H,3-6,11-12H2,1-2H3,(H,25,29)(H,26,30). The van der Waals surface area contributed by atoms with Crippen molar-refractivity contribution in [1.29, 1.82) is 0 Å². The van der Waals surface area contributed by atoms with Crippen LogP contribution in [0.2, 0.25) is 5.02 Å². The molecule has 8 nitrogen and oxygen atoms in total. The van der Waals surface area contributed by atoms with Crippen molar-refractivity contribution in [3.63, 3.8) is 0 Å². The van der Waals surface area contributed by atoms with Gasteiger partial charge in [0.05, 0.1) is 24.4 Å². The number of hydrazine groups is 1. The monoisotopic (exact) mass is 459 g/mol. The number of rotatable bonds is 8. The van der Waals surface area contributed by atoms with Crippen molar-refractivity contribution in [2.24, 2.45) is 0 Å². The molecule has 0 atom stereocenters. The Labute approximate surface area is 191 Å². The van der Waals surface area contributed by atoms with E-state index in [1.54, 1.807) is 35.2 Å². The summed E-state index contributed by atoms with van der Waals surface area (Å²) >= 11 is 6.22. The Bertz CT molecular complexity index is 1010. The molecule has 1 aliphatic rings. The van der Waals surface area contributed by atoms with Gasteiger partial charge in [-0.3, -0.25) is 25.2 Å². The smallest absolute Gasteiger partial charge is 0.269 e. The van der Waals surface area contributed by atoms with Crippen LogP contribution in [-0.4, -0.2) is 38.0 Å². The number of carbonyl (C=O) groups is 3. The van der Waals surface area contributed by atoms with Crippen LogP contribution in [-0.2, 0) is 4.79 Å². The summed E-state index contributed by atoms with van der Waals surface area (Å²) in [7, 11) is 1.49. The number of hydrogen-bond acceptors (Lipinski definition) is 5. The Kier molecular flexibility index (Phi) is 7.94. The van der Waals surface area contributed by atoms with Gasteiger partial charge in [-0.25, -0.2) is 0 Å². The highest BCUT2D eigenvalue weighted by Gasteiger charge is 2.24. The van der Waals surface area contributed by atoms with Gasteiger partial charge in [0.15, 0.2) is 11.5 Å². The number of methoxy groups -OCH3 is 1. The van der Waals surface area contributed by atoms with Gasteiger partial charge in [-0.1, -0.05) is 24.9 Å². The Hall–Kier alpha value is -3.26. The topological polar surface area (TPSA) is 97.0 Å². The van der Waals surface area contributed by atoms with Crippen LogP contribution in [0, 0.1) is 0 Å². The number of unbranched alkanes of at least 4 members (excludes halogenated alkanes) is 1. The fourth-order valence-corrected chi connectivity index (χ4v) is 3.50. The van der Waals surface area contributed by atoms with E-state index in [9.17, 15) is 14.4 Å². The average molecular weight is 460 g/mol. The maximum Gasteiger partial charge on any atom is 0.269 e. The Balaban J connectivity index is 1.64. The predicted molar refractivity (Wildman–Crippen MR) is 121 cm³/mol. The van der Waals surface area contributed by atoms with Crippen molar-refractivity contribution in [3.8, 4) is 11.5 Å². The minimum Gasteiger partial charge on any atom is -0.493 e. The molecule has 0 saturated carbocycles. The first kappa shape index (κ1) is 23.4. The number of nitrogens with zero attached hydrogens (tertiary/aromatic N) is 1. The lowest BCUT2D eigenvalue weighted by Crippen LogP contribution is -2.41. The molecule has 2 aromatic rings. The second-order valence-electron chi connectivity index (χ2n) is 7.29. The summed E-state index contributed by atoms with van der Waals surface area (Å²) in [5.41, 5.74) is 5.81. The molecule has 1 saturated heterocycles. The van der Waals surface area contributed by atoms with E-state index in [0.717, 1.165) is 19.3 Å². The molecule has 2 aromatic carbocycles. The van der Waals surface area contributed by atoms with Gasteiger partial charge < -0.3 is 14.4 Å². The number of nitrogens with one attached hydrogen (secondary N) is 2. The minimum absolute atomic E-state index is 0.0335. The van der Waals surface area contributed by atoms with E-state index in [-0.39, 0.29) is 11.5 Å². The molecule has 0 bridgehead atoms. The Morgan fingerprint density at radius 3 is 2.38 bits per heavy atom. The van der Waals surface area contributed by atoms with Gasteiger partial charge in [-0.15, -0.1) is 0 Å². The Morgan fingerprint density at radius 2 is 1.75 bits per heavy atom. The summed E-state index contributed by atoms with van der Waals surface area (Å²) in [5.74, 6) is -0.103. The zero-order chi connectivity index (χ0) is 23.1. The first-order valence-electron chi connectivity index (χ1n) is 10.5. The molecule has 0 unspecified atom stereocenters. The second-order valence-corrected chi connectivity index (χ2v) is 7.70. The lowest BCUT2D eigenvalue weighted by atomic mass is 10.1. The van der Waals surface area contributed by atoms with E-state index in [4.69, 9.17) is 21.1 Å². The number of benzene rings is 2. The second kappa shape index (κ2) is 10.9. The summed E-state index contributed by atoms with van der Waals surface area (Å²) in [6, 6.07) is 9.41. The van der Waals surface area contributed by atoms with Gasteiger partial charge in [-0.2, -0.15) is 0 Å². The molecule has 170 valence electrons. The lowest BCUT2D eigenvalue weighted by Gasteiger charge is -2.18. The molecule has 2 N–H and O–H groups in total. The van der Waals surface area contributed by atoms with Gasteiger partial charge in [-0.05, 0) is 49.2 Å². The number of hydrogen-bond donors (Lipinski definition) is 2. The van der Waals surface area contributed by atoms with Crippen molar-refractivity contribution < 1.29 is 23.9 Å². The van der Waals surface area contributed by atoms with Crippen molar-refractivity contribution in [2.45, 2.75) is 32.6 Å². The molecule has 1 fully saturated rings. The van der Waals surface area contributed by atoms with E-state index < -0.39 is 11.8 Å². The molecule has 0 aromatic heterocycles. The maximum atomic E-state index is 12.5. The van der Waals surface area contributed by atoms with Crippen LogP contribution in [0.4, 0.5) is 5.69 Å². The first-order valence-corrected chi connectivity index (χ1v) is 10.8. The van der Waals surface area contributed by atoms with E-state index in [1.807, 2.05) is 0 Å². The number of amides is 3. The average Bonchev–Trinajstić information content (AvgIpc) is 3.23. The van der Waals surface area contributed by atoms with Crippen molar-refractivity contribution in [1.82, 2.24) is 10.9 Å². The van der Waals surface area contributed by atoms with Crippen LogP contribution < -0.4 is 25.2 Å². The molecular formula is C23H26ClN3O5. The SMILES string of the molecule is CCCCOc1ccc(C(=O)NNC(=O)c2ccc(Cl)c(N3CCCC3=O)c2)cc1OC. The van der Waals surface area contributed by atoms with E-state index in [0.29, 0.717) is 47.3 Å². The van der Waals surface area contributed by atoms with Gasteiger partial charge in [0.1, 0.15) is 0 Å². The normalized spacial score (nSPS) is 13.1. The van der Waals surface area contributed by atoms with Gasteiger partial charge in [0, 0.05) is 24.1 Å². The number of halogens is 1. The molecule has 1 aliphatic heterocycles. The highest BCUT2D eigenvalue weighted by Crippen LogP contribution is 2.30. The summed E-state index contributed by atoms with van der Waals surface area (Å²) in [6.45, 7) is 3.18. The van der Waals surface area contributed by atoms with Crippen molar-refractivity contribution >= 4 is 35.0 Å². The van der Waals surface area contributed by atoms with Crippen LogP contribution >= 0.6 is 11.6 Å². The third-order valence-corrected chi connectivity index (χ3v) is 5.36. The summed E-state index contributed by atoms with van der Waals surface area (Å²) in [4.78, 5) is 38.6. The van der Waals surface area contributed by atoms with Crippen molar-refractivity contribution in [3.05, 3.63) is 52.5 Å². The third-order valence-electron chi connectivity index (χ3n) is 5.04. The largest absolute Gasteiger partial charge is 0.493 e. The zero-order valence-electron chi connectivity index (χ0n) is 18.1. The van der Waals surface area contributed by atoms with Crippen LogP contribution in [0.5, 0.6) is 11.5 Å². The Morgan fingerprint density at radius 1 is 1.06 bits per heavy atom. The summed E-state index contributed by atoms with van der Waals surface area (Å²) < 4.78 is 11.0. The number of carbonyl (C=O) groups excluding carboxylic acids is 3. The molecule has 1 heterocycles. The van der Waals surface area contributed by atoms with E-state index >= 15 is 0 Å². The van der Waals surface area contributed by atoms with Gasteiger partial charge in [0.25, 0.3) is 11.8 Å². The van der Waals surface area contributed by atoms with E-state index in [1.165, 1.54) is 13.2 Å². The molecule has 0 aliphatic carbocycles. The lowest BCUT2D eigenvalue weighted by molar-refractivity contribution is -0.117. The molecule has 0 radical (unpaired) electrons. The molecule has 3 rings (SSSR count). The first-order chi connectivity index (χ1) is 15.4.